The second kappa shape index (κ2) is 14.7. The molecule has 3 fully saturated rings. The monoisotopic (exact) mass is 725 g/mol. The van der Waals surface area contributed by atoms with Gasteiger partial charge in [-0.05, 0) is 62.8 Å². The maximum absolute atomic E-state index is 14.4. The third-order valence-corrected chi connectivity index (χ3v) is 12.2. The molecular weight excluding hydrogens is 678 g/mol. The Morgan fingerprint density at radius 2 is 1.86 bits per heavy atom. The van der Waals surface area contributed by atoms with Crippen molar-refractivity contribution in [3.05, 3.63) is 42.6 Å². The van der Waals surface area contributed by atoms with E-state index in [4.69, 9.17) is 9.47 Å². The van der Waals surface area contributed by atoms with Crippen LogP contribution in [0, 0.1) is 17.8 Å². The van der Waals surface area contributed by atoms with Crippen LogP contribution in [0.3, 0.4) is 0 Å². The Morgan fingerprint density at radius 3 is 2.57 bits per heavy atom. The molecule has 0 unspecified atom stereocenters. The Labute approximate surface area is 297 Å². The Morgan fingerprint density at radius 1 is 1.12 bits per heavy atom. The van der Waals surface area contributed by atoms with E-state index in [9.17, 15) is 32.7 Å². The molecule has 1 saturated heterocycles. The fourth-order valence-corrected chi connectivity index (χ4v) is 8.71. The van der Waals surface area contributed by atoms with Gasteiger partial charge in [-0.25, -0.2) is 18.2 Å². The van der Waals surface area contributed by atoms with Gasteiger partial charge < -0.3 is 30.1 Å². The number of rotatable bonds is 9. The van der Waals surface area contributed by atoms with Gasteiger partial charge in [-0.2, -0.15) is 0 Å². The van der Waals surface area contributed by atoms with Crippen molar-refractivity contribution in [2.75, 3.05) is 13.2 Å². The fraction of sp³-hybridized carbons (Fsp3) is 0.583. The molecule has 2 aliphatic carbocycles. The number of carbonyl (C=O) groups is 4. The molecule has 2 aliphatic heterocycles. The number of pyridine rings is 1. The zero-order valence-electron chi connectivity index (χ0n) is 29.2. The molecular formula is C36H47N5O9S. The summed E-state index contributed by atoms with van der Waals surface area (Å²) in [6.07, 6.45) is 7.17. The smallest absolute Gasteiger partial charge is 0.405 e. The summed E-state index contributed by atoms with van der Waals surface area (Å²) in [6.45, 7) is 6.30. The SMILES string of the molecule is CCCOc1cnc(O[C@@H]2C[C@H]3C(=O)N[C@]4(C(=O)NS(=O)(=O)C5CC5)C[C@H]4/C=C\CC[C@@H](C)C[C@@H](C)[C@H](NC(=O)O)C(=O)N3C2)c2ccccc12. The highest BCUT2D eigenvalue weighted by molar-refractivity contribution is 7.91. The van der Waals surface area contributed by atoms with E-state index < -0.39 is 74.7 Å². The number of nitrogens with one attached hydrogen (secondary N) is 3. The number of hydrogen-bond donors (Lipinski definition) is 4. The molecule has 276 valence electrons. The van der Waals surface area contributed by atoms with Crippen LogP contribution in [0.4, 0.5) is 4.79 Å². The van der Waals surface area contributed by atoms with Crippen molar-refractivity contribution in [2.45, 2.75) is 101 Å². The molecule has 51 heavy (non-hydrogen) atoms. The summed E-state index contributed by atoms with van der Waals surface area (Å²) in [6, 6.07) is 5.15. The highest BCUT2D eigenvalue weighted by Crippen LogP contribution is 2.46. The number of nitrogens with zero attached hydrogens (tertiary/aromatic N) is 2. The molecule has 4 amide bonds. The molecule has 1 aromatic heterocycles. The van der Waals surface area contributed by atoms with Gasteiger partial charge in [-0.15, -0.1) is 0 Å². The summed E-state index contributed by atoms with van der Waals surface area (Å²) in [5.41, 5.74) is -1.52. The Hall–Kier alpha value is -4.40. The molecule has 0 radical (unpaired) electrons. The van der Waals surface area contributed by atoms with E-state index in [0.717, 1.165) is 18.2 Å². The molecule has 0 bridgehead atoms. The van der Waals surface area contributed by atoms with Crippen molar-refractivity contribution < 1.29 is 42.2 Å². The average Bonchev–Trinajstić information content (AvgIpc) is 4.01. The van der Waals surface area contributed by atoms with Crippen LogP contribution < -0.4 is 24.8 Å². The zero-order chi connectivity index (χ0) is 36.5. The number of amides is 4. The highest BCUT2D eigenvalue weighted by Gasteiger charge is 2.62. The second-order valence-electron chi connectivity index (χ2n) is 14.5. The average molecular weight is 726 g/mol. The van der Waals surface area contributed by atoms with Crippen molar-refractivity contribution in [1.82, 2.24) is 25.2 Å². The van der Waals surface area contributed by atoms with Crippen molar-refractivity contribution >= 4 is 44.6 Å². The normalized spacial score (nSPS) is 30.5. The zero-order valence-corrected chi connectivity index (χ0v) is 30.0. The quantitative estimate of drug-likeness (QED) is 0.278. The van der Waals surface area contributed by atoms with Gasteiger partial charge in [0.2, 0.25) is 27.7 Å². The summed E-state index contributed by atoms with van der Waals surface area (Å²) < 4.78 is 40.1. The van der Waals surface area contributed by atoms with Crippen LogP contribution in [0.25, 0.3) is 10.8 Å². The lowest BCUT2D eigenvalue weighted by Gasteiger charge is -2.32. The molecule has 4 N–H and O–H groups in total. The molecule has 6 rings (SSSR count). The van der Waals surface area contributed by atoms with Crippen LogP contribution in [0.5, 0.6) is 11.6 Å². The molecule has 2 aromatic rings. The van der Waals surface area contributed by atoms with Gasteiger partial charge in [0.05, 0.1) is 24.6 Å². The fourth-order valence-electron chi connectivity index (χ4n) is 7.35. The first-order valence-corrected chi connectivity index (χ1v) is 19.4. The third kappa shape index (κ3) is 7.92. The molecule has 15 heteroatoms. The van der Waals surface area contributed by atoms with Crippen LogP contribution >= 0.6 is 0 Å². The molecule has 3 heterocycles. The maximum Gasteiger partial charge on any atom is 0.405 e. The van der Waals surface area contributed by atoms with Gasteiger partial charge in [0.25, 0.3) is 5.91 Å². The van der Waals surface area contributed by atoms with Crippen LogP contribution in [0.2, 0.25) is 0 Å². The van der Waals surface area contributed by atoms with Crippen molar-refractivity contribution in [1.29, 1.82) is 0 Å². The van der Waals surface area contributed by atoms with Crippen molar-refractivity contribution in [2.24, 2.45) is 17.8 Å². The molecule has 2 saturated carbocycles. The maximum atomic E-state index is 14.4. The number of aromatic nitrogens is 1. The third-order valence-electron chi connectivity index (χ3n) is 10.4. The number of carboxylic acid groups (broad SMARTS) is 1. The van der Waals surface area contributed by atoms with Crippen LogP contribution in [-0.4, -0.2) is 89.4 Å². The van der Waals surface area contributed by atoms with Crippen molar-refractivity contribution in [3.63, 3.8) is 0 Å². The van der Waals surface area contributed by atoms with Crippen LogP contribution in [0.15, 0.2) is 42.6 Å². The van der Waals surface area contributed by atoms with E-state index in [-0.39, 0.29) is 31.2 Å². The Kier molecular flexibility index (Phi) is 10.5. The number of ether oxygens (including phenoxy) is 2. The number of hydrogen-bond acceptors (Lipinski definition) is 9. The number of sulfonamides is 1. The van der Waals surface area contributed by atoms with Gasteiger partial charge in [0.1, 0.15) is 29.5 Å². The summed E-state index contributed by atoms with van der Waals surface area (Å²) in [7, 11) is -3.90. The topological polar surface area (TPSA) is 193 Å². The molecule has 14 nitrogen and oxygen atoms in total. The van der Waals surface area contributed by atoms with E-state index in [0.29, 0.717) is 43.4 Å². The molecule has 1 aromatic carbocycles. The van der Waals surface area contributed by atoms with Gasteiger partial charge >= 0.3 is 6.09 Å². The van der Waals surface area contributed by atoms with Crippen molar-refractivity contribution in [3.8, 4) is 11.6 Å². The highest BCUT2D eigenvalue weighted by atomic mass is 32.2. The summed E-state index contributed by atoms with van der Waals surface area (Å²) in [4.78, 5) is 60.1. The minimum absolute atomic E-state index is 0.0187. The lowest BCUT2D eigenvalue weighted by atomic mass is 9.88. The summed E-state index contributed by atoms with van der Waals surface area (Å²) in [5, 5.41) is 15.8. The van der Waals surface area contributed by atoms with E-state index in [1.165, 1.54) is 4.90 Å². The lowest BCUT2D eigenvalue weighted by Crippen LogP contribution is -2.59. The predicted octanol–water partition coefficient (Wildman–Crippen LogP) is 3.50. The first-order chi connectivity index (χ1) is 24.3. The van der Waals surface area contributed by atoms with Gasteiger partial charge in [-0.3, -0.25) is 19.1 Å². The van der Waals surface area contributed by atoms with Crippen LogP contribution in [-0.2, 0) is 24.4 Å². The van der Waals surface area contributed by atoms with Gasteiger partial charge in [0, 0.05) is 23.1 Å². The Bertz CT molecular complexity index is 1810. The first-order valence-electron chi connectivity index (χ1n) is 17.8. The van der Waals surface area contributed by atoms with E-state index in [1.54, 1.807) is 6.20 Å². The van der Waals surface area contributed by atoms with E-state index in [1.807, 2.05) is 57.2 Å². The minimum Gasteiger partial charge on any atom is -0.491 e. The largest absolute Gasteiger partial charge is 0.491 e. The minimum atomic E-state index is -3.90. The lowest BCUT2D eigenvalue weighted by molar-refractivity contribution is -0.142. The number of fused-ring (bicyclic) bond motifs is 3. The summed E-state index contributed by atoms with van der Waals surface area (Å²) >= 11 is 0. The van der Waals surface area contributed by atoms with Gasteiger partial charge in [0.15, 0.2) is 0 Å². The van der Waals surface area contributed by atoms with E-state index in [2.05, 4.69) is 20.3 Å². The summed E-state index contributed by atoms with van der Waals surface area (Å²) in [5.74, 6) is -1.89. The number of benzene rings is 1. The molecule has 4 aliphatic rings. The second-order valence-corrected chi connectivity index (χ2v) is 16.5. The van der Waals surface area contributed by atoms with Crippen LogP contribution in [0.1, 0.15) is 72.1 Å². The Balaban J connectivity index is 1.33. The predicted molar refractivity (Wildman–Crippen MR) is 187 cm³/mol. The first kappa shape index (κ1) is 36.4. The number of allylic oxidation sites excluding steroid dienone is 1. The number of carbonyl (C=O) groups excluding carboxylic acids is 3. The molecule has 7 atom stereocenters. The standard InChI is InChI=1S/C36H47N5O9S/c1-4-15-49-29-19-37-32(27-12-8-7-11-26(27)29)50-24-17-28-31(42)39-36(34(44)40-51(47,48)25-13-14-25)18-23(36)10-6-5-9-21(2)16-22(3)30(38-35(45)46)33(43)41(28)20-24/h6-8,10-12,19,21-25,28,30,38H,4-5,9,13-18,20H2,1-3H3,(H,39,42)(H,40,44)(H,45,46)/b10-6-/t21-,22-,23-,24-,28+,30+,36-/m1/s1. The molecule has 0 spiro atoms. The van der Waals surface area contributed by atoms with Gasteiger partial charge in [-0.1, -0.05) is 51.1 Å². The van der Waals surface area contributed by atoms with E-state index >= 15 is 0 Å².